The van der Waals surface area contributed by atoms with E-state index in [1.165, 1.54) is 6.42 Å². The molecule has 0 bridgehead atoms. The third-order valence-electron chi connectivity index (χ3n) is 4.75. The van der Waals surface area contributed by atoms with Crippen molar-refractivity contribution in [1.29, 1.82) is 0 Å². The van der Waals surface area contributed by atoms with Crippen LogP contribution in [0.25, 0.3) is 0 Å². The topological polar surface area (TPSA) is 57.7 Å². The van der Waals surface area contributed by atoms with Crippen molar-refractivity contribution in [3.63, 3.8) is 0 Å². The summed E-state index contributed by atoms with van der Waals surface area (Å²) in [6.45, 7) is 8.01. The molecule has 1 unspecified atom stereocenters. The predicted octanol–water partition coefficient (Wildman–Crippen LogP) is 1.13. The third kappa shape index (κ3) is 3.82. The Morgan fingerprint density at radius 3 is 3.00 bits per heavy atom. The molecule has 126 valence electrons. The fourth-order valence-corrected chi connectivity index (χ4v) is 3.45. The molecule has 0 aromatic carbocycles. The molecule has 1 aromatic rings. The summed E-state index contributed by atoms with van der Waals surface area (Å²) in [4.78, 5) is 21.6. The van der Waals surface area contributed by atoms with Gasteiger partial charge in [-0.3, -0.25) is 9.69 Å². The van der Waals surface area contributed by atoms with Crippen molar-refractivity contribution >= 4 is 11.7 Å². The van der Waals surface area contributed by atoms with Crippen molar-refractivity contribution in [2.24, 2.45) is 0 Å². The van der Waals surface area contributed by atoms with E-state index in [0.717, 1.165) is 38.4 Å². The normalized spacial score (nSPS) is 22.3. The van der Waals surface area contributed by atoms with Gasteiger partial charge in [0.1, 0.15) is 5.82 Å². The summed E-state index contributed by atoms with van der Waals surface area (Å²) < 4.78 is 5.39. The number of nitrogens with zero attached hydrogens (tertiary/aromatic N) is 3. The lowest BCUT2D eigenvalue weighted by Crippen LogP contribution is -2.41. The maximum absolute atomic E-state index is 12.6. The quantitative estimate of drug-likeness (QED) is 0.882. The summed E-state index contributed by atoms with van der Waals surface area (Å²) in [5.74, 6) is 0.745. The Morgan fingerprint density at radius 1 is 1.39 bits per heavy atom. The Labute approximate surface area is 137 Å². The minimum Gasteiger partial charge on any atom is -0.378 e. The Balaban J connectivity index is 1.65. The fourth-order valence-electron chi connectivity index (χ4n) is 3.45. The monoisotopic (exact) mass is 318 g/mol. The van der Waals surface area contributed by atoms with Crippen LogP contribution in [-0.2, 0) is 4.74 Å². The molecule has 2 aliphatic rings. The maximum Gasteiger partial charge on any atom is 0.255 e. The number of hydrogen-bond donors (Lipinski definition) is 1. The van der Waals surface area contributed by atoms with E-state index in [0.29, 0.717) is 31.4 Å². The molecular formula is C17H26N4O2. The van der Waals surface area contributed by atoms with Crippen LogP contribution < -0.4 is 10.2 Å². The molecule has 0 radical (unpaired) electrons. The SMILES string of the molecule is CCN1CCCC1CNC(=O)c1cccnc1N1CCOCC1. The fraction of sp³-hybridized carbons (Fsp3) is 0.647. The molecule has 0 saturated carbocycles. The van der Waals surface area contributed by atoms with Gasteiger partial charge in [-0.25, -0.2) is 4.98 Å². The molecule has 3 rings (SSSR count). The van der Waals surface area contributed by atoms with Crippen molar-refractivity contribution in [1.82, 2.24) is 15.2 Å². The third-order valence-corrected chi connectivity index (χ3v) is 4.75. The molecule has 2 aliphatic heterocycles. The van der Waals surface area contributed by atoms with Gasteiger partial charge < -0.3 is 15.0 Å². The van der Waals surface area contributed by atoms with E-state index < -0.39 is 0 Å². The zero-order valence-corrected chi connectivity index (χ0v) is 13.8. The molecule has 2 saturated heterocycles. The van der Waals surface area contributed by atoms with Gasteiger partial charge in [-0.2, -0.15) is 0 Å². The van der Waals surface area contributed by atoms with E-state index in [9.17, 15) is 4.79 Å². The minimum atomic E-state index is -0.0254. The standard InChI is InChI=1S/C17H26N4O2/c1-2-20-8-4-5-14(20)13-19-17(22)15-6-3-7-18-16(15)21-9-11-23-12-10-21/h3,6-7,14H,2,4-5,8-13H2,1H3,(H,19,22). The van der Waals surface area contributed by atoms with Gasteiger partial charge in [-0.15, -0.1) is 0 Å². The highest BCUT2D eigenvalue weighted by Gasteiger charge is 2.25. The number of likely N-dealkylation sites (N-methyl/N-ethyl adjacent to an activating group) is 1. The highest BCUT2D eigenvalue weighted by atomic mass is 16.5. The lowest BCUT2D eigenvalue weighted by Gasteiger charge is -2.29. The highest BCUT2D eigenvalue weighted by Crippen LogP contribution is 2.19. The smallest absolute Gasteiger partial charge is 0.255 e. The molecule has 3 heterocycles. The molecule has 1 aromatic heterocycles. The Bertz CT molecular complexity index is 531. The number of pyridine rings is 1. The van der Waals surface area contributed by atoms with Gasteiger partial charge in [0.25, 0.3) is 5.91 Å². The first-order valence-corrected chi connectivity index (χ1v) is 8.59. The zero-order valence-electron chi connectivity index (χ0n) is 13.8. The van der Waals surface area contributed by atoms with Crippen LogP contribution in [0.15, 0.2) is 18.3 Å². The second-order valence-corrected chi connectivity index (χ2v) is 6.11. The number of morpholine rings is 1. The van der Waals surface area contributed by atoms with Crippen molar-refractivity contribution in [2.45, 2.75) is 25.8 Å². The first-order chi connectivity index (χ1) is 11.3. The number of carbonyl (C=O) groups excluding carboxylic acids is 1. The molecule has 1 atom stereocenters. The summed E-state index contributed by atoms with van der Waals surface area (Å²) in [5.41, 5.74) is 0.662. The molecule has 6 heteroatoms. The van der Waals surface area contributed by atoms with Gasteiger partial charge >= 0.3 is 0 Å². The summed E-state index contributed by atoms with van der Waals surface area (Å²) >= 11 is 0. The summed E-state index contributed by atoms with van der Waals surface area (Å²) in [6.07, 6.45) is 4.13. The number of rotatable bonds is 5. The van der Waals surface area contributed by atoms with Crippen LogP contribution in [0.1, 0.15) is 30.1 Å². The number of hydrogen-bond acceptors (Lipinski definition) is 5. The first-order valence-electron chi connectivity index (χ1n) is 8.59. The van der Waals surface area contributed by atoms with Gasteiger partial charge in [-0.1, -0.05) is 6.92 Å². The van der Waals surface area contributed by atoms with Crippen LogP contribution in [-0.4, -0.2) is 67.8 Å². The van der Waals surface area contributed by atoms with E-state index in [-0.39, 0.29) is 5.91 Å². The van der Waals surface area contributed by atoms with Crippen molar-refractivity contribution in [2.75, 3.05) is 50.8 Å². The van der Waals surface area contributed by atoms with Gasteiger partial charge in [0.15, 0.2) is 0 Å². The average Bonchev–Trinajstić information content (AvgIpc) is 3.08. The maximum atomic E-state index is 12.6. The Kier molecular flexibility index (Phi) is 5.46. The van der Waals surface area contributed by atoms with Crippen LogP contribution in [0, 0.1) is 0 Å². The molecule has 1 N–H and O–H groups in total. The van der Waals surface area contributed by atoms with Gasteiger partial charge in [0, 0.05) is 31.9 Å². The van der Waals surface area contributed by atoms with Crippen LogP contribution in [0.2, 0.25) is 0 Å². The van der Waals surface area contributed by atoms with Gasteiger partial charge in [0.05, 0.1) is 18.8 Å². The van der Waals surface area contributed by atoms with Gasteiger partial charge in [0.2, 0.25) is 0 Å². The van der Waals surface area contributed by atoms with Crippen LogP contribution in [0.4, 0.5) is 5.82 Å². The lowest BCUT2D eigenvalue weighted by atomic mass is 10.2. The molecule has 6 nitrogen and oxygen atoms in total. The van der Waals surface area contributed by atoms with Crippen LogP contribution in [0.5, 0.6) is 0 Å². The van der Waals surface area contributed by atoms with E-state index in [1.54, 1.807) is 6.20 Å². The summed E-state index contributed by atoms with van der Waals surface area (Å²) in [6, 6.07) is 4.15. The number of aromatic nitrogens is 1. The number of amides is 1. The number of nitrogens with one attached hydrogen (secondary N) is 1. The molecule has 1 amide bonds. The van der Waals surface area contributed by atoms with E-state index in [1.807, 2.05) is 12.1 Å². The first kappa shape index (κ1) is 16.2. The predicted molar refractivity (Wildman–Crippen MR) is 89.9 cm³/mol. The van der Waals surface area contributed by atoms with Crippen molar-refractivity contribution in [3.8, 4) is 0 Å². The zero-order chi connectivity index (χ0) is 16.1. The van der Waals surface area contributed by atoms with Crippen LogP contribution in [0.3, 0.4) is 0 Å². The van der Waals surface area contributed by atoms with E-state index in [2.05, 4.69) is 27.0 Å². The second-order valence-electron chi connectivity index (χ2n) is 6.11. The number of anilines is 1. The molecule has 0 spiro atoms. The summed E-state index contributed by atoms with van der Waals surface area (Å²) in [7, 11) is 0. The van der Waals surface area contributed by atoms with E-state index >= 15 is 0 Å². The van der Waals surface area contributed by atoms with E-state index in [4.69, 9.17) is 4.74 Å². The molecule has 23 heavy (non-hydrogen) atoms. The molecule has 0 aliphatic carbocycles. The average molecular weight is 318 g/mol. The van der Waals surface area contributed by atoms with Crippen molar-refractivity contribution in [3.05, 3.63) is 23.9 Å². The number of carbonyl (C=O) groups is 1. The highest BCUT2D eigenvalue weighted by molar-refractivity contribution is 5.98. The lowest BCUT2D eigenvalue weighted by molar-refractivity contribution is 0.0939. The van der Waals surface area contributed by atoms with Crippen LogP contribution >= 0.6 is 0 Å². The summed E-state index contributed by atoms with van der Waals surface area (Å²) in [5, 5.41) is 3.11. The number of ether oxygens (including phenoxy) is 1. The van der Waals surface area contributed by atoms with Gasteiger partial charge in [-0.05, 0) is 38.1 Å². The van der Waals surface area contributed by atoms with Crippen molar-refractivity contribution < 1.29 is 9.53 Å². The number of likely N-dealkylation sites (tertiary alicyclic amines) is 1. The molecular weight excluding hydrogens is 292 g/mol. The minimum absolute atomic E-state index is 0.0254. The Hall–Kier alpha value is -1.66. The molecule has 2 fully saturated rings. The largest absolute Gasteiger partial charge is 0.378 e. The second kappa shape index (κ2) is 7.75. The Morgan fingerprint density at radius 2 is 2.22 bits per heavy atom.